The first-order valence-corrected chi connectivity index (χ1v) is 8.32. The molecule has 0 saturated heterocycles. The van der Waals surface area contributed by atoms with Gasteiger partial charge in [-0.15, -0.1) is 11.8 Å². The van der Waals surface area contributed by atoms with E-state index in [1.54, 1.807) is 12.1 Å². The van der Waals surface area contributed by atoms with Gasteiger partial charge in [0.2, 0.25) is 5.91 Å². The fourth-order valence-electron chi connectivity index (χ4n) is 2.17. The zero-order valence-corrected chi connectivity index (χ0v) is 13.8. The number of esters is 1. The Morgan fingerprint density at radius 1 is 1.20 bits per heavy atom. The Balaban J connectivity index is 1.57. The standard InChI is InChI=1S/C17H14N2O5S/c20-12-4-2-11(3-5-12)18-15(21)8-24-17(23)10-1-6-14-13(7-10)19-16(22)9-25-14/h1-7,20H,8-9H2,(H,18,21)(H,19,22). The van der Waals surface area contributed by atoms with E-state index in [4.69, 9.17) is 4.74 Å². The Hall–Kier alpha value is -3.00. The summed E-state index contributed by atoms with van der Waals surface area (Å²) in [5.41, 5.74) is 1.29. The summed E-state index contributed by atoms with van der Waals surface area (Å²) < 4.78 is 4.98. The van der Waals surface area contributed by atoms with E-state index < -0.39 is 18.5 Å². The van der Waals surface area contributed by atoms with E-state index in [-0.39, 0.29) is 17.2 Å². The van der Waals surface area contributed by atoms with E-state index in [0.29, 0.717) is 17.1 Å². The van der Waals surface area contributed by atoms with Crippen LogP contribution in [-0.4, -0.2) is 35.2 Å². The molecule has 7 nitrogen and oxygen atoms in total. The van der Waals surface area contributed by atoms with Gasteiger partial charge in [-0.05, 0) is 42.5 Å². The average molecular weight is 358 g/mol. The molecule has 2 amide bonds. The predicted molar refractivity (Wildman–Crippen MR) is 92.8 cm³/mol. The topological polar surface area (TPSA) is 105 Å². The summed E-state index contributed by atoms with van der Waals surface area (Å²) in [5.74, 6) is -0.860. The van der Waals surface area contributed by atoms with E-state index in [0.717, 1.165) is 4.90 Å². The largest absolute Gasteiger partial charge is 0.508 e. The van der Waals surface area contributed by atoms with Crippen LogP contribution in [0, 0.1) is 0 Å². The average Bonchev–Trinajstić information content (AvgIpc) is 2.61. The van der Waals surface area contributed by atoms with Crippen molar-refractivity contribution < 1.29 is 24.2 Å². The Labute approximate surface area is 147 Å². The molecule has 0 saturated carbocycles. The molecule has 2 aromatic carbocycles. The third-order valence-corrected chi connectivity index (χ3v) is 4.41. The van der Waals surface area contributed by atoms with Gasteiger partial charge in [0.25, 0.3) is 5.91 Å². The number of phenols is 1. The van der Waals surface area contributed by atoms with E-state index in [1.807, 2.05) is 0 Å². The second kappa shape index (κ2) is 7.27. The van der Waals surface area contributed by atoms with Gasteiger partial charge in [-0.25, -0.2) is 4.79 Å². The van der Waals surface area contributed by atoms with Crippen molar-refractivity contribution in [3.63, 3.8) is 0 Å². The minimum absolute atomic E-state index is 0.0853. The fourth-order valence-corrected chi connectivity index (χ4v) is 2.95. The van der Waals surface area contributed by atoms with E-state index in [1.165, 1.54) is 42.1 Å². The molecular weight excluding hydrogens is 344 g/mol. The molecule has 3 rings (SSSR count). The molecule has 0 radical (unpaired) electrons. The molecular formula is C17H14N2O5S. The summed E-state index contributed by atoms with van der Waals surface area (Å²) in [6, 6.07) is 10.8. The molecule has 1 aliphatic heterocycles. The summed E-state index contributed by atoms with van der Waals surface area (Å²) in [4.78, 5) is 36.1. The summed E-state index contributed by atoms with van der Waals surface area (Å²) in [7, 11) is 0. The van der Waals surface area contributed by atoms with Crippen LogP contribution in [0.1, 0.15) is 10.4 Å². The van der Waals surface area contributed by atoms with Crippen molar-refractivity contribution in [1.29, 1.82) is 0 Å². The van der Waals surface area contributed by atoms with E-state index >= 15 is 0 Å². The predicted octanol–water partition coefficient (Wildman–Crippen LogP) is 2.23. The second-order valence-electron chi connectivity index (χ2n) is 5.22. The fraction of sp³-hybridized carbons (Fsp3) is 0.118. The number of amides is 2. The van der Waals surface area contributed by atoms with Gasteiger partial charge < -0.3 is 20.5 Å². The molecule has 0 spiro atoms. The number of carbonyl (C=O) groups excluding carboxylic acids is 3. The molecule has 1 aliphatic rings. The van der Waals surface area contributed by atoms with Gasteiger partial charge in [-0.2, -0.15) is 0 Å². The molecule has 2 aromatic rings. The van der Waals surface area contributed by atoms with Crippen molar-refractivity contribution in [3.8, 4) is 5.75 Å². The Bertz CT molecular complexity index is 835. The molecule has 3 N–H and O–H groups in total. The molecule has 0 unspecified atom stereocenters. The molecule has 128 valence electrons. The second-order valence-corrected chi connectivity index (χ2v) is 6.24. The number of phenolic OH excluding ortho intramolecular Hbond substituents is 1. The molecule has 25 heavy (non-hydrogen) atoms. The number of nitrogens with one attached hydrogen (secondary N) is 2. The number of carbonyl (C=O) groups is 3. The van der Waals surface area contributed by atoms with E-state index in [2.05, 4.69) is 10.6 Å². The minimum Gasteiger partial charge on any atom is -0.508 e. The van der Waals surface area contributed by atoms with Gasteiger partial charge >= 0.3 is 5.97 Å². The molecule has 0 bridgehead atoms. The number of aromatic hydroxyl groups is 1. The summed E-state index contributed by atoms with van der Waals surface area (Å²) >= 11 is 1.39. The van der Waals surface area contributed by atoms with Crippen molar-refractivity contribution in [1.82, 2.24) is 0 Å². The number of hydrogen-bond acceptors (Lipinski definition) is 6. The number of fused-ring (bicyclic) bond motifs is 1. The normalized spacial score (nSPS) is 12.7. The lowest BCUT2D eigenvalue weighted by molar-refractivity contribution is -0.119. The Morgan fingerprint density at radius 2 is 1.96 bits per heavy atom. The molecule has 8 heteroatoms. The first kappa shape index (κ1) is 16.8. The third kappa shape index (κ3) is 4.30. The zero-order chi connectivity index (χ0) is 17.8. The first-order chi connectivity index (χ1) is 12.0. The van der Waals surface area contributed by atoms with E-state index in [9.17, 15) is 19.5 Å². The molecule has 0 aromatic heterocycles. The van der Waals surface area contributed by atoms with Crippen LogP contribution in [0.5, 0.6) is 5.75 Å². The SMILES string of the molecule is O=C(COC(=O)c1ccc2c(c1)NC(=O)CS2)Nc1ccc(O)cc1. The molecule has 0 aliphatic carbocycles. The number of thioether (sulfide) groups is 1. The van der Waals surface area contributed by atoms with Crippen molar-refractivity contribution in [3.05, 3.63) is 48.0 Å². The van der Waals surface area contributed by atoms with Crippen LogP contribution >= 0.6 is 11.8 Å². The van der Waals surface area contributed by atoms with Gasteiger partial charge in [0, 0.05) is 10.6 Å². The summed E-state index contributed by atoms with van der Waals surface area (Å²) in [6.07, 6.45) is 0. The lowest BCUT2D eigenvalue weighted by Crippen LogP contribution is -2.21. The molecule has 1 heterocycles. The van der Waals surface area contributed by atoms with Crippen LogP contribution in [0.15, 0.2) is 47.4 Å². The Kier molecular flexibility index (Phi) is 4.90. The quantitative estimate of drug-likeness (QED) is 0.572. The van der Waals surface area contributed by atoms with Gasteiger partial charge in [-0.3, -0.25) is 9.59 Å². The summed E-state index contributed by atoms with van der Waals surface area (Å²) in [5, 5.41) is 14.4. The lowest BCUT2D eigenvalue weighted by atomic mass is 10.2. The molecule has 0 atom stereocenters. The highest BCUT2D eigenvalue weighted by Gasteiger charge is 2.18. The van der Waals surface area contributed by atoms with Crippen LogP contribution < -0.4 is 10.6 Å². The zero-order valence-electron chi connectivity index (χ0n) is 12.9. The van der Waals surface area contributed by atoms with Crippen molar-refractivity contribution in [2.75, 3.05) is 23.0 Å². The van der Waals surface area contributed by atoms with Crippen molar-refractivity contribution >= 4 is 40.9 Å². The number of benzene rings is 2. The van der Waals surface area contributed by atoms with Crippen LogP contribution in [0.4, 0.5) is 11.4 Å². The Morgan fingerprint density at radius 3 is 2.72 bits per heavy atom. The third-order valence-electron chi connectivity index (χ3n) is 3.33. The van der Waals surface area contributed by atoms with Crippen LogP contribution in [0.3, 0.4) is 0 Å². The highest BCUT2D eigenvalue weighted by atomic mass is 32.2. The van der Waals surface area contributed by atoms with Crippen molar-refractivity contribution in [2.24, 2.45) is 0 Å². The number of hydrogen-bond donors (Lipinski definition) is 3. The van der Waals surface area contributed by atoms with Crippen LogP contribution in [0.2, 0.25) is 0 Å². The monoisotopic (exact) mass is 358 g/mol. The van der Waals surface area contributed by atoms with Crippen LogP contribution in [-0.2, 0) is 14.3 Å². The lowest BCUT2D eigenvalue weighted by Gasteiger charge is -2.16. The van der Waals surface area contributed by atoms with Gasteiger partial charge in [0.1, 0.15) is 5.75 Å². The van der Waals surface area contributed by atoms with Gasteiger partial charge in [-0.1, -0.05) is 0 Å². The maximum Gasteiger partial charge on any atom is 0.338 e. The highest BCUT2D eigenvalue weighted by molar-refractivity contribution is 8.00. The van der Waals surface area contributed by atoms with Crippen molar-refractivity contribution in [2.45, 2.75) is 4.90 Å². The number of ether oxygens (including phenoxy) is 1. The number of rotatable bonds is 4. The van der Waals surface area contributed by atoms with Gasteiger partial charge in [0.15, 0.2) is 6.61 Å². The smallest absolute Gasteiger partial charge is 0.338 e. The first-order valence-electron chi connectivity index (χ1n) is 7.34. The maximum absolute atomic E-state index is 12.1. The highest BCUT2D eigenvalue weighted by Crippen LogP contribution is 2.32. The molecule has 0 fully saturated rings. The minimum atomic E-state index is -0.659. The number of anilines is 2. The van der Waals surface area contributed by atoms with Gasteiger partial charge in [0.05, 0.1) is 17.0 Å². The summed E-state index contributed by atoms with van der Waals surface area (Å²) in [6.45, 7) is -0.447. The maximum atomic E-state index is 12.1. The van der Waals surface area contributed by atoms with Crippen LogP contribution in [0.25, 0.3) is 0 Å².